The molecule has 4 aliphatic rings. The molecule has 8 rings (SSSR count). The molecule has 200 valence electrons. The first-order valence-corrected chi connectivity index (χ1v) is 14.6. The van der Waals surface area contributed by atoms with Crippen LogP contribution in [0, 0.1) is 0 Å². The fraction of sp³-hybridized carbons (Fsp3) is 0.135. The molecule has 2 aliphatic heterocycles. The summed E-state index contributed by atoms with van der Waals surface area (Å²) in [7, 11) is 0. The molecule has 2 aliphatic carbocycles. The predicted molar refractivity (Wildman–Crippen MR) is 171 cm³/mol. The zero-order valence-electron chi connectivity index (χ0n) is 23.0. The van der Waals surface area contributed by atoms with Crippen molar-refractivity contribution in [2.45, 2.75) is 31.6 Å². The third kappa shape index (κ3) is 3.47. The average molecular weight is 533 g/mol. The van der Waals surface area contributed by atoms with E-state index < -0.39 is 5.91 Å². The Kier molecular flexibility index (Phi) is 5.59. The number of para-hydroxylation sites is 6. The van der Waals surface area contributed by atoms with Gasteiger partial charge < -0.3 is 0 Å². The van der Waals surface area contributed by atoms with E-state index in [4.69, 9.17) is 0 Å². The molecule has 0 N–H and O–H groups in total. The fourth-order valence-corrected chi connectivity index (χ4v) is 6.96. The number of rotatable bonds is 4. The van der Waals surface area contributed by atoms with Crippen LogP contribution in [0.1, 0.15) is 25.7 Å². The summed E-state index contributed by atoms with van der Waals surface area (Å²) in [6, 6.07) is 39.6. The van der Waals surface area contributed by atoms with E-state index in [0.717, 1.165) is 37.1 Å². The number of fused-ring (bicyclic) bond motifs is 2. The van der Waals surface area contributed by atoms with Crippen LogP contribution in [0.5, 0.6) is 0 Å². The van der Waals surface area contributed by atoms with E-state index in [1.165, 1.54) is 34.1 Å². The van der Waals surface area contributed by atoms with Crippen LogP contribution in [-0.4, -0.2) is 5.91 Å². The van der Waals surface area contributed by atoms with Crippen molar-refractivity contribution in [2.24, 2.45) is 0 Å². The Labute approximate surface area is 242 Å². The van der Waals surface area contributed by atoms with Crippen molar-refractivity contribution in [2.75, 3.05) is 19.6 Å². The predicted octanol–water partition coefficient (Wildman–Crippen LogP) is 9.38. The van der Waals surface area contributed by atoms with Gasteiger partial charge in [0, 0.05) is 22.8 Å². The first-order valence-electron chi connectivity index (χ1n) is 14.6. The van der Waals surface area contributed by atoms with Gasteiger partial charge in [-0.1, -0.05) is 85.0 Å². The standard InChI is InChI=1S/C37H32N4/c1-5-17-29(18-6-1)38-33-25-13-14-26-34(33)39(30-19-7-2-8-20-30)37(38)40(31-21-9-3-10-22-31)35-27-15-16-28-36(35)41(37)32-23-11-4-12-24-32/h1-7,9-11,13-19,21-23,25-28H,8,12,20,24H2. The van der Waals surface area contributed by atoms with Crippen LogP contribution in [0.15, 0.2) is 157 Å². The molecule has 0 saturated carbocycles. The molecule has 0 amide bonds. The lowest BCUT2D eigenvalue weighted by atomic mass is 10.1. The molecule has 4 aromatic rings. The monoisotopic (exact) mass is 532 g/mol. The molecule has 0 atom stereocenters. The van der Waals surface area contributed by atoms with Crippen molar-refractivity contribution in [3.8, 4) is 0 Å². The van der Waals surface area contributed by atoms with Crippen LogP contribution in [0.25, 0.3) is 0 Å². The van der Waals surface area contributed by atoms with Crippen LogP contribution < -0.4 is 19.6 Å². The molecule has 0 fully saturated rings. The lowest BCUT2D eigenvalue weighted by Crippen LogP contribution is -2.71. The number of hydrogen-bond acceptors (Lipinski definition) is 4. The third-order valence-corrected chi connectivity index (χ3v) is 8.51. The van der Waals surface area contributed by atoms with Gasteiger partial charge in [-0.25, -0.2) is 0 Å². The van der Waals surface area contributed by atoms with E-state index in [0.29, 0.717) is 0 Å². The lowest BCUT2D eigenvalue weighted by Gasteiger charge is -2.54. The Bertz CT molecular complexity index is 1590. The smallest absolute Gasteiger partial charge is 0.284 e. The molecule has 0 radical (unpaired) electrons. The minimum atomic E-state index is -0.774. The van der Waals surface area contributed by atoms with E-state index in [1.807, 2.05) is 0 Å². The largest absolute Gasteiger partial charge is 0.295 e. The van der Waals surface area contributed by atoms with Crippen molar-refractivity contribution in [1.29, 1.82) is 0 Å². The van der Waals surface area contributed by atoms with Gasteiger partial charge in [-0.05, 0) is 86.4 Å². The number of allylic oxidation sites excluding steroid dienone is 8. The van der Waals surface area contributed by atoms with Gasteiger partial charge in [0.15, 0.2) is 0 Å². The van der Waals surface area contributed by atoms with E-state index in [1.54, 1.807) is 0 Å². The fourth-order valence-electron chi connectivity index (χ4n) is 6.96. The SMILES string of the molecule is C1=CCCC(N2c3ccccc3N(c3ccccc3)C23N(C2=CC=CCC2)c2ccccc2N3c2ccccc2)=C1. The van der Waals surface area contributed by atoms with Crippen LogP contribution in [0.4, 0.5) is 34.1 Å². The molecular weight excluding hydrogens is 500 g/mol. The minimum Gasteiger partial charge on any atom is -0.284 e. The summed E-state index contributed by atoms with van der Waals surface area (Å²) in [5.41, 5.74) is 9.74. The van der Waals surface area contributed by atoms with E-state index in [9.17, 15) is 0 Å². The Hall–Kier alpha value is -4.96. The lowest BCUT2D eigenvalue weighted by molar-refractivity contribution is 0.444. The van der Waals surface area contributed by atoms with Gasteiger partial charge in [0.25, 0.3) is 5.91 Å². The summed E-state index contributed by atoms with van der Waals surface area (Å²) in [6.45, 7) is 0. The summed E-state index contributed by atoms with van der Waals surface area (Å²) >= 11 is 0. The molecule has 0 unspecified atom stereocenters. The Balaban J connectivity index is 1.54. The van der Waals surface area contributed by atoms with Crippen molar-refractivity contribution < 1.29 is 0 Å². The van der Waals surface area contributed by atoms with Gasteiger partial charge in [-0.3, -0.25) is 19.6 Å². The van der Waals surface area contributed by atoms with E-state index >= 15 is 0 Å². The van der Waals surface area contributed by atoms with Crippen LogP contribution in [-0.2, 0) is 0 Å². The van der Waals surface area contributed by atoms with Crippen molar-refractivity contribution >= 4 is 34.1 Å². The third-order valence-electron chi connectivity index (χ3n) is 8.51. The number of benzene rings is 4. The number of hydrogen-bond donors (Lipinski definition) is 0. The van der Waals surface area contributed by atoms with Gasteiger partial charge in [0.05, 0.1) is 22.7 Å². The first-order chi connectivity index (χ1) is 20.4. The minimum absolute atomic E-state index is 0.774. The topological polar surface area (TPSA) is 13.0 Å². The molecule has 41 heavy (non-hydrogen) atoms. The Morgan fingerprint density at radius 1 is 0.415 bits per heavy atom. The quantitative estimate of drug-likeness (QED) is 0.260. The maximum atomic E-state index is 2.62. The Morgan fingerprint density at radius 3 is 1.15 bits per heavy atom. The molecule has 0 bridgehead atoms. The maximum absolute atomic E-state index is 2.62. The van der Waals surface area contributed by atoms with Gasteiger partial charge in [-0.2, -0.15) is 0 Å². The van der Waals surface area contributed by atoms with Crippen LogP contribution >= 0.6 is 0 Å². The molecular formula is C37H32N4. The summed E-state index contributed by atoms with van der Waals surface area (Å²) in [5, 5.41) is 0. The molecule has 4 heteroatoms. The maximum Gasteiger partial charge on any atom is 0.295 e. The van der Waals surface area contributed by atoms with Crippen LogP contribution in [0.2, 0.25) is 0 Å². The molecule has 2 heterocycles. The second-order valence-electron chi connectivity index (χ2n) is 10.8. The van der Waals surface area contributed by atoms with Crippen molar-refractivity contribution in [3.63, 3.8) is 0 Å². The molecule has 1 spiro atoms. The summed E-state index contributed by atoms with van der Waals surface area (Å²) in [4.78, 5) is 10.4. The molecule has 4 nitrogen and oxygen atoms in total. The van der Waals surface area contributed by atoms with E-state index in [-0.39, 0.29) is 0 Å². The highest BCUT2D eigenvalue weighted by Crippen LogP contribution is 2.63. The normalized spacial score (nSPS) is 18.4. The van der Waals surface area contributed by atoms with Gasteiger partial charge in [-0.15, -0.1) is 0 Å². The van der Waals surface area contributed by atoms with E-state index in [2.05, 4.69) is 165 Å². The van der Waals surface area contributed by atoms with Crippen molar-refractivity contribution in [3.05, 3.63) is 157 Å². The molecule has 0 saturated heterocycles. The summed E-state index contributed by atoms with van der Waals surface area (Å²) < 4.78 is 0. The van der Waals surface area contributed by atoms with Crippen molar-refractivity contribution in [1.82, 2.24) is 0 Å². The second kappa shape index (κ2) is 9.60. The second-order valence-corrected chi connectivity index (χ2v) is 10.8. The number of nitrogens with zero attached hydrogens (tertiary/aromatic N) is 4. The van der Waals surface area contributed by atoms with Gasteiger partial charge in [0.1, 0.15) is 0 Å². The summed E-state index contributed by atoms with van der Waals surface area (Å²) in [5.74, 6) is -0.774. The first kappa shape index (κ1) is 23.9. The zero-order valence-corrected chi connectivity index (χ0v) is 23.0. The van der Waals surface area contributed by atoms with Gasteiger partial charge in [0.2, 0.25) is 0 Å². The molecule has 4 aromatic carbocycles. The van der Waals surface area contributed by atoms with Crippen LogP contribution in [0.3, 0.4) is 0 Å². The highest BCUT2D eigenvalue weighted by molar-refractivity contribution is 5.99. The Morgan fingerprint density at radius 2 is 0.780 bits per heavy atom. The highest BCUT2D eigenvalue weighted by atomic mass is 15.8. The summed E-state index contributed by atoms with van der Waals surface area (Å²) in [6.07, 6.45) is 17.6. The van der Waals surface area contributed by atoms with Gasteiger partial charge >= 0.3 is 0 Å². The zero-order chi connectivity index (χ0) is 27.2. The highest BCUT2D eigenvalue weighted by Gasteiger charge is 2.65. The average Bonchev–Trinajstić information content (AvgIpc) is 3.51. The molecule has 0 aromatic heterocycles. The number of anilines is 6.